The molecule has 6 heteroatoms. The fourth-order valence-corrected chi connectivity index (χ4v) is 3.56. The summed E-state index contributed by atoms with van der Waals surface area (Å²) >= 11 is 3.49. The topological polar surface area (TPSA) is 57.7 Å². The predicted molar refractivity (Wildman–Crippen MR) is 88.5 cm³/mol. The van der Waals surface area contributed by atoms with Gasteiger partial charge in [-0.1, -0.05) is 34.1 Å². The van der Waals surface area contributed by atoms with Crippen molar-refractivity contribution < 1.29 is 14.4 Å². The molecule has 0 spiro atoms. The van der Waals surface area contributed by atoms with Gasteiger partial charge >= 0.3 is 0 Å². The number of imide groups is 1. The van der Waals surface area contributed by atoms with Crippen molar-refractivity contribution in [2.45, 2.75) is 25.7 Å². The van der Waals surface area contributed by atoms with Gasteiger partial charge in [-0.2, -0.15) is 0 Å². The minimum Gasteiger partial charge on any atom is -0.342 e. The van der Waals surface area contributed by atoms with Crippen molar-refractivity contribution in [3.63, 3.8) is 0 Å². The van der Waals surface area contributed by atoms with Gasteiger partial charge in [-0.15, -0.1) is 0 Å². The minimum atomic E-state index is -0.0753. The van der Waals surface area contributed by atoms with Gasteiger partial charge in [-0.05, 0) is 18.1 Å². The van der Waals surface area contributed by atoms with Crippen molar-refractivity contribution >= 4 is 33.7 Å². The lowest BCUT2D eigenvalue weighted by atomic mass is 9.98. The summed E-state index contributed by atoms with van der Waals surface area (Å²) in [5.74, 6) is 0.215. The molecule has 1 aromatic rings. The van der Waals surface area contributed by atoms with Crippen molar-refractivity contribution in [2.75, 3.05) is 19.6 Å². The number of rotatable bonds is 5. The lowest BCUT2D eigenvalue weighted by molar-refractivity contribution is -0.142. The van der Waals surface area contributed by atoms with Crippen LogP contribution in [0.15, 0.2) is 28.7 Å². The standard InChI is InChI=1S/C17H19BrN2O3/c18-14-4-2-1-3-13(14)5-6-15(21)19-9-12(10-19)11-20-16(22)7-8-17(20)23/h1-4,12H,5-11H2. The van der Waals surface area contributed by atoms with Crippen LogP contribution in [0.25, 0.3) is 0 Å². The number of hydrogen-bond acceptors (Lipinski definition) is 3. The maximum Gasteiger partial charge on any atom is 0.229 e. The Bertz CT molecular complexity index is 624. The number of hydrogen-bond donors (Lipinski definition) is 0. The van der Waals surface area contributed by atoms with E-state index < -0.39 is 0 Å². The molecule has 2 heterocycles. The van der Waals surface area contributed by atoms with Crippen molar-refractivity contribution in [1.29, 1.82) is 0 Å². The molecule has 0 unspecified atom stereocenters. The summed E-state index contributed by atoms with van der Waals surface area (Å²) in [6.07, 6.45) is 1.86. The molecule has 5 nitrogen and oxygen atoms in total. The third-order valence-corrected chi connectivity index (χ3v) is 5.25. The van der Waals surface area contributed by atoms with Crippen LogP contribution in [0.1, 0.15) is 24.8 Å². The Morgan fingerprint density at radius 1 is 1.13 bits per heavy atom. The fraction of sp³-hybridized carbons (Fsp3) is 0.471. The molecule has 2 fully saturated rings. The van der Waals surface area contributed by atoms with E-state index in [1.54, 1.807) is 0 Å². The second kappa shape index (κ2) is 6.83. The smallest absolute Gasteiger partial charge is 0.229 e. The highest BCUT2D eigenvalue weighted by Gasteiger charge is 2.36. The Hall–Kier alpha value is -1.69. The van der Waals surface area contributed by atoms with Gasteiger partial charge in [0.05, 0.1) is 0 Å². The van der Waals surface area contributed by atoms with Gasteiger partial charge in [-0.3, -0.25) is 19.3 Å². The van der Waals surface area contributed by atoms with E-state index in [2.05, 4.69) is 15.9 Å². The van der Waals surface area contributed by atoms with E-state index in [-0.39, 0.29) is 23.6 Å². The van der Waals surface area contributed by atoms with Gasteiger partial charge in [0.15, 0.2) is 0 Å². The Morgan fingerprint density at radius 3 is 2.43 bits per heavy atom. The highest BCUT2D eigenvalue weighted by molar-refractivity contribution is 9.10. The van der Waals surface area contributed by atoms with Crippen LogP contribution >= 0.6 is 15.9 Å². The molecule has 3 amide bonds. The SMILES string of the molecule is O=C(CCc1ccccc1Br)N1CC(CN2C(=O)CCC2=O)C1. The summed E-state index contributed by atoms with van der Waals surface area (Å²) < 4.78 is 1.03. The average Bonchev–Trinajstić information content (AvgIpc) is 2.80. The first-order chi connectivity index (χ1) is 11.0. The second-order valence-electron chi connectivity index (χ2n) is 6.15. The van der Waals surface area contributed by atoms with Gasteiger partial charge in [0.1, 0.15) is 0 Å². The molecule has 2 aliphatic heterocycles. The largest absolute Gasteiger partial charge is 0.342 e. The average molecular weight is 379 g/mol. The Kier molecular flexibility index (Phi) is 4.80. The number of benzene rings is 1. The first kappa shape index (κ1) is 16.2. The van der Waals surface area contributed by atoms with Crippen molar-refractivity contribution in [1.82, 2.24) is 9.80 Å². The summed E-state index contributed by atoms with van der Waals surface area (Å²) in [7, 11) is 0. The Labute approximate surface area is 143 Å². The Balaban J connectivity index is 1.42. The molecule has 0 saturated carbocycles. The molecule has 0 aromatic heterocycles. The maximum atomic E-state index is 12.2. The summed E-state index contributed by atoms with van der Waals surface area (Å²) in [5, 5.41) is 0. The zero-order valence-corrected chi connectivity index (χ0v) is 14.4. The Morgan fingerprint density at radius 2 is 1.78 bits per heavy atom. The number of aryl methyl sites for hydroxylation is 1. The predicted octanol–water partition coefficient (Wildman–Crippen LogP) is 1.99. The molecule has 2 saturated heterocycles. The summed E-state index contributed by atoms with van der Waals surface area (Å²) in [6, 6.07) is 7.91. The molecule has 0 bridgehead atoms. The van der Waals surface area contributed by atoms with E-state index in [1.165, 1.54) is 4.90 Å². The van der Waals surface area contributed by atoms with Crippen LogP contribution < -0.4 is 0 Å². The molecular weight excluding hydrogens is 360 g/mol. The lowest BCUT2D eigenvalue weighted by Gasteiger charge is -2.40. The van der Waals surface area contributed by atoms with Crippen molar-refractivity contribution in [2.24, 2.45) is 5.92 Å². The molecule has 0 N–H and O–H groups in total. The fourth-order valence-electron chi connectivity index (χ4n) is 3.07. The first-order valence-corrected chi connectivity index (χ1v) is 8.68. The van der Waals surface area contributed by atoms with Crippen molar-refractivity contribution in [3.05, 3.63) is 34.3 Å². The second-order valence-corrected chi connectivity index (χ2v) is 7.01. The quantitative estimate of drug-likeness (QED) is 0.736. The molecular formula is C17H19BrN2O3. The highest BCUT2D eigenvalue weighted by atomic mass is 79.9. The first-order valence-electron chi connectivity index (χ1n) is 7.89. The number of halogens is 1. The summed E-state index contributed by atoms with van der Waals surface area (Å²) in [4.78, 5) is 38.5. The van der Waals surface area contributed by atoms with Crippen LogP contribution in [0.2, 0.25) is 0 Å². The lowest BCUT2D eigenvalue weighted by Crippen LogP contribution is -2.54. The molecule has 1 aromatic carbocycles. The molecule has 3 rings (SSSR count). The molecule has 23 heavy (non-hydrogen) atoms. The van der Waals surface area contributed by atoms with Gasteiger partial charge < -0.3 is 4.90 Å². The van der Waals surface area contributed by atoms with Gasteiger partial charge in [0.25, 0.3) is 0 Å². The third-order valence-electron chi connectivity index (χ3n) is 4.47. The van der Waals surface area contributed by atoms with E-state index in [9.17, 15) is 14.4 Å². The number of carbonyl (C=O) groups excluding carboxylic acids is 3. The van der Waals surface area contributed by atoms with Crippen LogP contribution in [0.5, 0.6) is 0 Å². The van der Waals surface area contributed by atoms with E-state index in [0.717, 1.165) is 10.0 Å². The van der Waals surface area contributed by atoms with Gasteiger partial charge in [0.2, 0.25) is 17.7 Å². The number of likely N-dealkylation sites (tertiary alicyclic amines) is 2. The van der Waals surface area contributed by atoms with E-state index in [1.807, 2.05) is 29.2 Å². The van der Waals surface area contributed by atoms with E-state index >= 15 is 0 Å². The molecule has 122 valence electrons. The van der Waals surface area contributed by atoms with Crippen LogP contribution in [0, 0.1) is 5.92 Å². The highest BCUT2D eigenvalue weighted by Crippen LogP contribution is 2.23. The number of amides is 3. The van der Waals surface area contributed by atoms with Crippen LogP contribution in [-0.2, 0) is 20.8 Å². The normalized spacial score (nSPS) is 18.5. The van der Waals surface area contributed by atoms with Crippen molar-refractivity contribution in [3.8, 4) is 0 Å². The summed E-state index contributed by atoms with van der Waals surface area (Å²) in [5.41, 5.74) is 1.13. The van der Waals surface area contributed by atoms with E-state index in [4.69, 9.17) is 0 Å². The zero-order valence-electron chi connectivity index (χ0n) is 12.8. The number of nitrogens with zero attached hydrogens (tertiary/aromatic N) is 2. The molecule has 2 aliphatic rings. The van der Waals surface area contributed by atoms with Crippen LogP contribution in [0.4, 0.5) is 0 Å². The summed E-state index contributed by atoms with van der Waals surface area (Å²) in [6.45, 7) is 1.75. The van der Waals surface area contributed by atoms with Crippen LogP contribution in [0.3, 0.4) is 0 Å². The molecule has 0 atom stereocenters. The zero-order chi connectivity index (χ0) is 16.4. The minimum absolute atomic E-state index is 0.0753. The van der Waals surface area contributed by atoms with E-state index in [0.29, 0.717) is 45.3 Å². The third kappa shape index (κ3) is 3.63. The molecule has 0 aliphatic carbocycles. The maximum absolute atomic E-state index is 12.2. The molecule has 0 radical (unpaired) electrons. The van der Waals surface area contributed by atoms with Gasteiger partial charge in [-0.25, -0.2) is 0 Å². The van der Waals surface area contributed by atoms with Gasteiger partial charge in [0, 0.05) is 49.3 Å². The van der Waals surface area contributed by atoms with Crippen LogP contribution in [-0.4, -0.2) is 47.2 Å². The number of carbonyl (C=O) groups is 3. The monoisotopic (exact) mass is 378 g/mol.